The van der Waals surface area contributed by atoms with Gasteiger partial charge in [0.25, 0.3) is 5.91 Å². The molecule has 0 radical (unpaired) electrons. The van der Waals surface area contributed by atoms with Gasteiger partial charge in [0.05, 0.1) is 12.0 Å². The van der Waals surface area contributed by atoms with Crippen molar-refractivity contribution < 1.29 is 23.8 Å². The molecule has 124 valence electrons. The highest BCUT2D eigenvalue weighted by Crippen LogP contribution is 2.38. The molecule has 3 rings (SSSR count). The number of aliphatic carboxylic acids is 1. The summed E-state index contributed by atoms with van der Waals surface area (Å²) in [5.41, 5.74) is 1.37. The molecule has 1 aromatic heterocycles. The molecule has 1 aromatic carbocycles. The lowest BCUT2D eigenvalue weighted by molar-refractivity contribution is -0.140. The molecule has 6 heteroatoms. The van der Waals surface area contributed by atoms with E-state index >= 15 is 0 Å². The van der Waals surface area contributed by atoms with Gasteiger partial charge in [-0.25, -0.2) is 4.79 Å². The summed E-state index contributed by atoms with van der Waals surface area (Å²) in [4.78, 5) is 25.8. The van der Waals surface area contributed by atoms with E-state index in [9.17, 15) is 14.7 Å². The van der Waals surface area contributed by atoms with E-state index in [0.717, 1.165) is 5.56 Å². The first-order valence-corrected chi connectivity index (χ1v) is 7.61. The van der Waals surface area contributed by atoms with E-state index < -0.39 is 17.9 Å². The Morgan fingerprint density at radius 3 is 2.79 bits per heavy atom. The molecule has 24 heavy (non-hydrogen) atoms. The minimum Gasteiger partial charge on any atom is -0.480 e. The van der Waals surface area contributed by atoms with E-state index in [4.69, 9.17) is 9.15 Å². The minimum absolute atomic E-state index is 0.0287. The standard InChI is InChI=1S/C18H17NO5/c1-3-13(18(21)22)19-14-9-11(2)6-7-15(14)24-16(17(19)20)10-12-5-4-8-23-12/h4-10,13H,3H2,1-2H3,(H,21,22)/b16-10+. The van der Waals surface area contributed by atoms with Crippen LogP contribution in [0.5, 0.6) is 5.75 Å². The maximum Gasteiger partial charge on any atom is 0.326 e. The third-order valence-electron chi connectivity index (χ3n) is 3.82. The lowest BCUT2D eigenvalue weighted by Gasteiger charge is -2.34. The lowest BCUT2D eigenvalue weighted by atomic mass is 10.1. The summed E-state index contributed by atoms with van der Waals surface area (Å²) in [6.45, 7) is 3.60. The molecule has 2 aromatic rings. The predicted octanol–water partition coefficient (Wildman–Crippen LogP) is 3.22. The molecule has 1 amide bonds. The van der Waals surface area contributed by atoms with E-state index in [1.807, 2.05) is 13.0 Å². The second-order valence-electron chi connectivity index (χ2n) is 5.53. The summed E-state index contributed by atoms with van der Waals surface area (Å²) >= 11 is 0. The van der Waals surface area contributed by atoms with Crippen LogP contribution in [-0.2, 0) is 9.59 Å². The van der Waals surface area contributed by atoms with Gasteiger partial charge in [-0.2, -0.15) is 0 Å². The fraction of sp³-hybridized carbons (Fsp3) is 0.222. The summed E-state index contributed by atoms with van der Waals surface area (Å²) in [7, 11) is 0. The van der Waals surface area contributed by atoms with Crippen molar-refractivity contribution in [3.8, 4) is 5.75 Å². The number of furan rings is 1. The first-order valence-electron chi connectivity index (χ1n) is 7.61. The molecule has 0 aliphatic carbocycles. The van der Waals surface area contributed by atoms with E-state index in [2.05, 4.69) is 0 Å². The molecular weight excluding hydrogens is 310 g/mol. The number of carbonyl (C=O) groups excluding carboxylic acids is 1. The Morgan fingerprint density at radius 1 is 1.38 bits per heavy atom. The number of hydrogen-bond acceptors (Lipinski definition) is 4. The first-order chi connectivity index (χ1) is 11.5. The highest BCUT2D eigenvalue weighted by Gasteiger charge is 2.38. The summed E-state index contributed by atoms with van der Waals surface area (Å²) in [5, 5.41) is 9.51. The predicted molar refractivity (Wildman–Crippen MR) is 87.7 cm³/mol. The van der Waals surface area contributed by atoms with Crippen molar-refractivity contribution in [3.05, 3.63) is 53.7 Å². The molecule has 0 bridgehead atoms. The van der Waals surface area contributed by atoms with E-state index in [0.29, 0.717) is 17.2 Å². The number of nitrogens with zero attached hydrogens (tertiary/aromatic N) is 1. The van der Waals surface area contributed by atoms with Crippen LogP contribution in [0.3, 0.4) is 0 Å². The van der Waals surface area contributed by atoms with Gasteiger partial charge in [-0.3, -0.25) is 9.69 Å². The zero-order valence-electron chi connectivity index (χ0n) is 13.4. The summed E-state index contributed by atoms with van der Waals surface area (Å²) in [5.74, 6) is -0.632. The number of aryl methyl sites for hydroxylation is 1. The van der Waals surface area contributed by atoms with Crippen LogP contribution >= 0.6 is 0 Å². The molecule has 1 aliphatic heterocycles. The van der Waals surface area contributed by atoms with Gasteiger partial charge in [-0.1, -0.05) is 13.0 Å². The van der Waals surface area contributed by atoms with Crippen molar-refractivity contribution >= 4 is 23.6 Å². The summed E-state index contributed by atoms with van der Waals surface area (Å²) < 4.78 is 10.9. The van der Waals surface area contributed by atoms with Gasteiger partial charge in [0.1, 0.15) is 11.8 Å². The topological polar surface area (TPSA) is 80.0 Å². The molecule has 2 heterocycles. The van der Waals surface area contributed by atoms with Crippen LogP contribution in [0.2, 0.25) is 0 Å². The highest BCUT2D eigenvalue weighted by atomic mass is 16.5. The highest BCUT2D eigenvalue weighted by molar-refractivity contribution is 6.12. The SMILES string of the molecule is CCC(C(=O)O)N1C(=O)/C(=C\c2ccco2)Oc2ccc(C)cc21. The van der Waals surface area contributed by atoms with Gasteiger partial charge in [0.15, 0.2) is 11.5 Å². The zero-order valence-corrected chi connectivity index (χ0v) is 13.4. The Labute approximate surface area is 138 Å². The molecule has 0 saturated carbocycles. The molecular formula is C18H17NO5. The third-order valence-corrected chi connectivity index (χ3v) is 3.82. The summed E-state index contributed by atoms with van der Waals surface area (Å²) in [6.07, 6.45) is 3.23. The van der Waals surface area contributed by atoms with Crippen molar-refractivity contribution in [2.75, 3.05) is 4.90 Å². The normalized spacial score (nSPS) is 16.7. The molecule has 0 fully saturated rings. The number of amides is 1. The van der Waals surface area contributed by atoms with Crippen molar-refractivity contribution in [2.45, 2.75) is 26.3 Å². The third kappa shape index (κ3) is 2.78. The molecule has 0 spiro atoms. The van der Waals surface area contributed by atoms with Gasteiger partial charge in [0.2, 0.25) is 0 Å². The molecule has 1 atom stereocenters. The maximum atomic E-state index is 12.9. The number of anilines is 1. The second kappa shape index (κ2) is 6.23. The largest absolute Gasteiger partial charge is 0.480 e. The molecule has 1 N–H and O–H groups in total. The molecule has 1 aliphatic rings. The summed E-state index contributed by atoms with van der Waals surface area (Å²) in [6, 6.07) is 7.74. The fourth-order valence-electron chi connectivity index (χ4n) is 2.66. The fourth-order valence-corrected chi connectivity index (χ4v) is 2.66. The average Bonchev–Trinajstić information content (AvgIpc) is 3.04. The van der Waals surface area contributed by atoms with Crippen LogP contribution < -0.4 is 9.64 Å². The number of carboxylic acids is 1. The van der Waals surface area contributed by atoms with E-state index in [-0.39, 0.29) is 12.2 Å². The second-order valence-corrected chi connectivity index (χ2v) is 5.53. The number of ether oxygens (including phenoxy) is 1. The number of carbonyl (C=O) groups is 2. The molecule has 1 unspecified atom stereocenters. The quantitative estimate of drug-likeness (QED) is 0.872. The van der Waals surface area contributed by atoms with Gasteiger partial charge in [-0.05, 0) is 43.2 Å². The van der Waals surface area contributed by atoms with Crippen molar-refractivity contribution in [1.29, 1.82) is 0 Å². The monoisotopic (exact) mass is 327 g/mol. The van der Waals surface area contributed by atoms with Crippen LogP contribution in [-0.4, -0.2) is 23.0 Å². The van der Waals surface area contributed by atoms with Crippen LogP contribution in [0, 0.1) is 6.92 Å². The van der Waals surface area contributed by atoms with Crippen molar-refractivity contribution in [2.24, 2.45) is 0 Å². The van der Waals surface area contributed by atoms with Crippen LogP contribution in [0.25, 0.3) is 6.08 Å². The Bertz CT molecular complexity index is 807. The first kappa shape index (κ1) is 15.9. The van der Waals surface area contributed by atoms with Crippen molar-refractivity contribution in [1.82, 2.24) is 0 Å². The number of carboxylic acid groups (broad SMARTS) is 1. The molecule has 0 saturated heterocycles. The van der Waals surface area contributed by atoms with Crippen LogP contribution in [0.1, 0.15) is 24.7 Å². The Balaban J connectivity index is 2.12. The van der Waals surface area contributed by atoms with E-state index in [1.54, 1.807) is 31.2 Å². The van der Waals surface area contributed by atoms with Gasteiger partial charge < -0.3 is 14.3 Å². The Morgan fingerprint density at radius 2 is 2.17 bits per heavy atom. The van der Waals surface area contributed by atoms with Gasteiger partial charge >= 0.3 is 5.97 Å². The van der Waals surface area contributed by atoms with E-state index in [1.165, 1.54) is 17.2 Å². The maximum absolute atomic E-state index is 12.9. The lowest BCUT2D eigenvalue weighted by Crippen LogP contribution is -2.48. The van der Waals surface area contributed by atoms with Gasteiger partial charge in [0, 0.05) is 6.08 Å². The van der Waals surface area contributed by atoms with Crippen LogP contribution in [0.4, 0.5) is 5.69 Å². The van der Waals surface area contributed by atoms with Crippen molar-refractivity contribution in [3.63, 3.8) is 0 Å². The number of hydrogen-bond donors (Lipinski definition) is 1. The average molecular weight is 327 g/mol. The van der Waals surface area contributed by atoms with Crippen LogP contribution in [0.15, 0.2) is 46.8 Å². The minimum atomic E-state index is -1.06. The Kier molecular flexibility index (Phi) is 4.12. The number of rotatable bonds is 4. The van der Waals surface area contributed by atoms with Gasteiger partial charge in [-0.15, -0.1) is 0 Å². The smallest absolute Gasteiger partial charge is 0.326 e. The number of benzene rings is 1. The molecule has 6 nitrogen and oxygen atoms in total. The number of fused-ring (bicyclic) bond motifs is 1. The zero-order chi connectivity index (χ0) is 17.3. The Hall–Kier alpha value is -3.02.